The zero-order valence-corrected chi connectivity index (χ0v) is 20.4. The fourth-order valence-corrected chi connectivity index (χ4v) is 4.93. The van der Waals surface area contributed by atoms with Gasteiger partial charge in [-0.2, -0.15) is 5.10 Å². The molecule has 0 aliphatic rings. The lowest BCUT2D eigenvalue weighted by Gasteiger charge is -2.14. The third kappa shape index (κ3) is 4.22. The van der Waals surface area contributed by atoms with E-state index < -0.39 is 12.8 Å². The third-order valence-corrected chi connectivity index (χ3v) is 6.51. The number of rotatable bonds is 5. The zero-order chi connectivity index (χ0) is 27.2. The number of ether oxygens (including phenoxy) is 1. The van der Waals surface area contributed by atoms with Crippen molar-refractivity contribution in [1.82, 2.24) is 29.7 Å². The molecule has 11 heteroatoms. The zero-order valence-electron chi connectivity index (χ0n) is 21.8. The average Bonchev–Trinajstić information content (AvgIpc) is 3.45. The number of aromatic nitrogens is 6. The van der Waals surface area contributed by atoms with Gasteiger partial charge in [-0.25, -0.2) is 9.97 Å². The first kappa shape index (κ1) is 19.4. The Kier molecular flexibility index (Phi) is 5.02. The molecule has 5 heterocycles. The predicted octanol–water partition coefficient (Wildman–Crippen LogP) is 5.08. The second kappa shape index (κ2) is 9.05. The van der Waals surface area contributed by atoms with Crippen LogP contribution < -0.4 is 10.1 Å². The molecule has 176 valence electrons. The van der Waals surface area contributed by atoms with Crippen LogP contribution in [-0.4, -0.2) is 42.7 Å². The molecule has 0 aliphatic carbocycles. The summed E-state index contributed by atoms with van der Waals surface area (Å²) in [5.74, 6) is -0.0201. The van der Waals surface area contributed by atoms with Crippen molar-refractivity contribution in [1.29, 1.82) is 0 Å². The molecule has 35 heavy (non-hydrogen) atoms. The van der Waals surface area contributed by atoms with Gasteiger partial charge >= 0.3 is 0 Å². The number of anilines is 1. The quantitative estimate of drug-likeness (QED) is 0.330. The first-order chi connectivity index (χ1) is 18.1. The highest BCUT2D eigenvalue weighted by molar-refractivity contribution is 7.22. The molecule has 0 radical (unpaired) electrons. The average molecular weight is 509 g/mol. The van der Waals surface area contributed by atoms with Crippen LogP contribution in [0.3, 0.4) is 0 Å². The van der Waals surface area contributed by atoms with Gasteiger partial charge in [0.15, 0.2) is 5.13 Å². The number of pyridine rings is 3. The maximum atomic E-state index is 13.5. The predicted molar refractivity (Wildman–Crippen MR) is 136 cm³/mol. The minimum Gasteiger partial charge on any atom is -0.494 e. The van der Waals surface area contributed by atoms with Crippen molar-refractivity contribution in [3.05, 3.63) is 65.0 Å². The van der Waals surface area contributed by atoms with Crippen LogP contribution in [-0.2, 0) is 7.05 Å². The summed E-state index contributed by atoms with van der Waals surface area (Å²) in [6, 6.07) is 5.21. The molecule has 5 rings (SSSR count). The molecular formula is C24H20ClN7O2S. The van der Waals surface area contributed by atoms with E-state index in [2.05, 4.69) is 30.4 Å². The van der Waals surface area contributed by atoms with Gasteiger partial charge in [0.05, 0.1) is 47.4 Å². The summed E-state index contributed by atoms with van der Waals surface area (Å²) in [6.07, 6.45) is 6.00. The summed E-state index contributed by atoms with van der Waals surface area (Å²) in [5.41, 5.74) is 3.43. The number of methoxy groups -OCH3 is 1. The number of hydrogen-bond donors (Lipinski definition) is 1. The molecule has 5 aromatic heterocycles. The van der Waals surface area contributed by atoms with Gasteiger partial charge in [0.1, 0.15) is 16.4 Å². The highest BCUT2D eigenvalue weighted by Crippen LogP contribution is 2.36. The summed E-state index contributed by atoms with van der Waals surface area (Å²) in [4.78, 5) is 30.7. The number of aryl methyl sites for hydroxylation is 3. The van der Waals surface area contributed by atoms with Crippen molar-refractivity contribution < 1.29 is 13.6 Å². The van der Waals surface area contributed by atoms with Gasteiger partial charge in [0.25, 0.3) is 5.91 Å². The van der Waals surface area contributed by atoms with E-state index in [9.17, 15) is 4.79 Å². The van der Waals surface area contributed by atoms with E-state index >= 15 is 0 Å². The highest BCUT2D eigenvalue weighted by Gasteiger charge is 2.22. The van der Waals surface area contributed by atoms with E-state index in [1.807, 2.05) is 0 Å². The van der Waals surface area contributed by atoms with Gasteiger partial charge < -0.3 is 4.74 Å². The second-order valence-corrected chi connectivity index (χ2v) is 8.98. The highest BCUT2D eigenvalue weighted by atomic mass is 35.5. The Balaban J connectivity index is 1.52. The number of carbonyl (C=O) groups is 1. The monoisotopic (exact) mass is 508 g/mol. The fourth-order valence-electron chi connectivity index (χ4n) is 3.74. The normalized spacial score (nSPS) is 12.7. The Morgan fingerprint density at radius 3 is 2.89 bits per heavy atom. The Morgan fingerprint density at radius 2 is 2.09 bits per heavy atom. The van der Waals surface area contributed by atoms with E-state index in [-0.39, 0.29) is 16.3 Å². The molecule has 0 aromatic carbocycles. The van der Waals surface area contributed by atoms with Crippen LogP contribution in [0.2, 0.25) is 5.15 Å². The number of nitrogens with one attached hydrogen (secondary N) is 1. The third-order valence-electron chi connectivity index (χ3n) is 5.30. The molecule has 0 aliphatic heterocycles. The van der Waals surface area contributed by atoms with E-state index in [1.54, 1.807) is 44.6 Å². The molecule has 0 unspecified atom stereocenters. The number of halogens is 1. The molecule has 1 amide bonds. The molecule has 1 N–H and O–H groups in total. The summed E-state index contributed by atoms with van der Waals surface area (Å²) in [7, 11) is 3.18. The first-order valence-corrected chi connectivity index (χ1v) is 11.5. The summed E-state index contributed by atoms with van der Waals surface area (Å²) < 4.78 is 31.0. The largest absolute Gasteiger partial charge is 0.494 e. The molecule has 0 saturated heterocycles. The summed E-state index contributed by atoms with van der Waals surface area (Å²) in [6.45, 7) is -0.563. The van der Waals surface area contributed by atoms with Crippen LogP contribution in [0, 0.1) is 13.8 Å². The molecule has 5 aromatic rings. The number of hydrogen-bond acceptors (Lipinski definition) is 8. The Bertz CT molecular complexity index is 1700. The lowest BCUT2D eigenvalue weighted by Crippen LogP contribution is -2.15. The van der Waals surface area contributed by atoms with Gasteiger partial charge in [-0.1, -0.05) is 22.9 Å². The van der Waals surface area contributed by atoms with Crippen LogP contribution >= 0.6 is 22.9 Å². The number of amides is 1. The van der Waals surface area contributed by atoms with Crippen molar-refractivity contribution >= 4 is 44.2 Å². The Labute approximate surface area is 214 Å². The smallest absolute Gasteiger partial charge is 0.261 e. The van der Waals surface area contributed by atoms with E-state index in [0.717, 1.165) is 0 Å². The van der Waals surface area contributed by atoms with E-state index in [0.29, 0.717) is 49.3 Å². The van der Waals surface area contributed by atoms with Crippen molar-refractivity contribution in [2.24, 2.45) is 7.05 Å². The van der Waals surface area contributed by atoms with Gasteiger partial charge in [-0.15, -0.1) is 0 Å². The lowest BCUT2D eigenvalue weighted by atomic mass is 10.0. The number of thiazole rings is 1. The van der Waals surface area contributed by atoms with Crippen molar-refractivity contribution in [3.8, 4) is 28.3 Å². The van der Waals surface area contributed by atoms with E-state index in [4.69, 9.17) is 20.5 Å². The molecule has 0 spiro atoms. The SMILES string of the molecule is [2H]C([2H])([2H])c1cnn(C)c1-c1cc2sc(NC(=O)c3c(-c4ccncc4OC)cc(C)nc3Cl)nc2cn1. The van der Waals surface area contributed by atoms with E-state index in [1.165, 1.54) is 35.5 Å². The number of carbonyl (C=O) groups excluding carboxylic acids is 1. The van der Waals surface area contributed by atoms with Gasteiger partial charge in [-0.3, -0.25) is 24.8 Å². The van der Waals surface area contributed by atoms with Gasteiger partial charge in [-0.05, 0) is 37.5 Å². The minimum absolute atomic E-state index is 0.0369. The molecule has 0 fully saturated rings. The summed E-state index contributed by atoms with van der Waals surface area (Å²) in [5, 5.41) is 7.25. The maximum absolute atomic E-state index is 13.5. The lowest BCUT2D eigenvalue weighted by molar-refractivity contribution is 0.102. The van der Waals surface area contributed by atoms with Crippen LogP contribution in [0.25, 0.3) is 32.7 Å². The molecule has 0 atom stereocenters. The van der Waals surface area contributed by atoms with Crippen LogP contribution in [0.5, 0.6) is 5.75 Å². The van der Waals surface area contributed by atoms with Crippen LogP contribution in [0.4, 0.5) is 5.13 Å². The van der Waals surface area contributed by atoms with Crippen molar-refractivity contribution in [3.63, 3.8) is 0 Å². The minimum atomic E-state index is -2.34. The second-order valence-electron chi connectivity index (χ2n) is 7.59. The fraction of sp³-hybridized carbons (Fsp3) is 0.167. The van der Waals surface area contributed by atoms with Gasteiger partial charge in [0, 0.05) is 34.2 Å². The molecular weight excluding hydrogens is 486 g/mol. The number of fused-ring (bicyclic) bond motifs is 1. The summed E-state index contributed by atoms with van der Waals surface area (Å²) >= 11 is 7.67. The van der Waals surface area contributed by atoms with Gasteiger partial charge in [0.2, 0.25) is 0 Å². The molecule has 0 bridgehead atoms. The van der Waals surface area contributed by atoms with Crippen LogP contribution in [0.1, 0.15) is 25.7 Å². The topological polar surface area (TPSA) is 108 Å². The standard InChI is InChI=1S/C24H20ClN7O2S/c1-12-9-28-32(3)21(12)16-8-19-17(10-27-16)30-24(35-19)31-23(33)20-15(7-13(2)29-22(20)25)14-5-6-26-11-18(14)34-4/h5-11H,1-4H3,(H,30,31,33)/i1D3. The molecule has 9 nitrogen and oxygen atoms in total. The molecule has 0 saturated carbocycles. The number of nitrogens with zero attached hydrogens (tertiary/aromatic N) is 6. The first-order valence-electron chi connectivity index (χ1n) is 11.8. The maximum Gasteiger partial charge on any atom is 0.261 e. The Hall–Kier alpha value is -3.89. The van der Waals surface area contributed by atoms with Crippen molar-refractivity contribution in [2.45, 2.75) is 13.8 Å². The van der Waals surface area contributed by atoms with Crippen LogP contribution in [0.15, 0.2) is 43.0 Å². The van der Waals surface area contributed by atoms with Crippen molar-refractivity contribution in [2.75, 3.05) is 12.4 Å². The Morgan fingerprint density at radius 1 is 1.23 bits per heavy atom.